The molecule has 0 atom stereocenters. The van der Waals surface area contributed by atoms with E-state index >= 15 is 0 Å². The lowest BCUT2D eigenvalue weighted by Crippen LogP contribution is -2.15. The van der Waals surface area contributed by atoms with Gasteiger partial charge in [-0.2, -0.15) is 0 Å². The van der Waals surface area contributed by atoms with Gasteiger partial charge >= 0.3 is 5.97 Å². The topological polar surface area (TPSA) is 35.5 Å². The number of esters is 1. The Morgan fingerprint density at radius 3 is 2.28 bits per heavy atom. The largest absolute Gasteiger partial charge is 0.482 e. The quantitative estimate of drug-likeness (QED) is 0.305. The number of aryl methyl sites for hydroxylation is 2. The number of ether oxygens (including phenoxy) is 2. The van der Waals surface area contributed by atoms with Crippen molar-refractivity contribution < 1.29 is 14.3 Å². The van der Waals surface area contributed by atoms with E-state index in [-0.39, 0.29) is 12.6 Å². The molecule has 0 unspecified atom stereocenters. The van der Waals surface area contributed by atoms with E-state index in [0.717, 1.165) is 18.6 Å². The second-order valence-electron chi connectivity index (χ2n) is 6.85. The summed E-state index contributed by atoms with van der Waals surface area (Å²) in [4.78, 5) is 11.6. The molecule has 3 heteroatoms. The standard InChI is InChI=1S/C22H36O3/c1-4-6-7-8-9-10-11-12-13-20-17-19(3)14-15-21(20)25-18-22(23)24-16-5-2/h14-15,17H,4-13,16,18H2,1-3H3. The van der Waals surface area contributed by atoms with Gasteiger partial charge in [0.15, 0.2) is 6.61 Å². The molecule has 1 aromatic carbocycles. The van der Waals surface area contributed by atoms with Crippen LogP contribution in [0.5, 0.6) is 5.75 Å². The first-order chi connectivity index (χ1) is 12.2. The van der Waals surface area contributed by atoms with Crippen LogP contribution in [0.1, 0.15) is 82.8 Å². The zero-order valence-electron chi connectivity index (χ0n) is 16.4. The summed E-state index contributed by atoms with van der Waals surface area (Å²) in [6.07, 6.45) is 12.4. The van der Waals surface area contributed by atoms with Gasteiger partial charge in [0.2, 0.25) is 0 Å². The highest BCUT2D eigenvalue weighted by Crippen LogP contribution is 2.23. The maximum Gasteiger partial charge on any atom is 0.344 e. The predicted octanol–water partition coefficient (Wildman–Crippen LogP) is 6.01. The van der Waals surface area contributed by atoms with Crippen LogP contribution in [-0.2, 0) is 16.0 Å². The summed E-state index contributed by atoms with van der Waals surface area (Å²) < 4.78 is 10.8. The maximum atomic E-state index is 11.6. The average molecular weight is 349 g/mol. The zero-order valence-corrected chi connectivity index (χ0v) is 16.4. The number of carbonyl (C=O) groups is 1. The molecule has 0 saturated carbocycles. The Bertz CT molecular complexity index is 482. The van der Waals surface area contributed by atoms with Gasteiger partial charge in [0.1, 0.15) is 5.75 Å². The molecule has 0 aliphatic carbocycles. The van der Waals surface area contributed by atoms with Crippen molar-refractivity contribution in [3.63, 3.8) is 0 Å². The Morgan fingerprint density at radius 1 is 0.920 bits per heavy atom. The zero-order chi connectivity index (χ0) is 18.3. The highest BCUT2D eigenvalue weighted by atomic mass is 16.6. The minimum atomic E-state index is -0.291. The van der Waals surface area contributed by atoms with E-state index in [2.05, 4.69) is 19.9 Å². The van der Waals surface area contributed by atoms with Gasteiger partial charge in [0.25, 0.3) is 0 Å². The Kier molecular flexibility index (Phi) is 11.8. The number of rotatable bonds is 14. The Hall–Kier alpha value is -1.51. The first-order valence-corrected chi connectivity index (χ1v) is 10.0. The molecule has 0 spiro atoms. The van der Waals surface area contributed by atoms with Crippen LogP contribution >= 0.6 is 0 Å². The molecule has 0 radical (unpaired) electrons. The molecular weight excluding hydrogens is 312 g/mol. The van der Waals surface area contributed by atoms with Gasteiger partial charge in [0.05, 0.1) is 6.61 Å². The van der Waals surface area contributed by atoms with Gasteiger partial charge < -0.3 is 9.47 Å². The van der Waals surface area contributed by atoms with Gasteiger partial charge in [-0.3, -0.25) is 0 Å². The molecule has 142 valence electrons. The molecule has 0 N–H and O–H groups in total. The minimum absolute atomic E-state index is 0.00646. The van der Waals surface area contributed by atoms with Crippen LogP contribution in [0.2, 0.25) is 0 Å². The summed E-state index contributed by atoms with van der Waals surface area (Å²) in [6, 6.07) is 6.18. The molecule has 0 bridgehead atoms. The normalized spacial score (nSPS) is 10.7. The molecule has 3 nitrogen and oxygen atoms in total. The predicted molar refractivity (Wildman–Crippen MR) is 104 cm³/mol. The smallest absolute Gasteiger partial charge is 0.344 e. The summed E-state index contributed by atoms with van der Waals surface area (Å²) in [7, 11) is 0. The lowest BCUT2D eigenvalue weighted by atomic mass is 10.0. The molecule has 1 aromatic rings. The number of hydrogen-bond donors (Lipinski definition) is 0. The highest BCUT2D eigenvalue weighted by molar-refractivity contribution is 5.71. The molecule has 0 aromatic heterocycles. The number of hydrogen-bond acceptors (Lipinski definition) is 3. The first-order valence-electron chi connectivity index (χ1n) is 10.0. The fraction of sp³-hybridized carbons (Fsp3) is 0.682. The molecule has 0 fully saturated rings. The molecule has 0 amide bonds. The lowest BCUT2D eigenvalue weighted by molar-refractivity contribution is -0.146. The van der Waals surface area contributed by atoms with Crippen LogP contribution in [0.25, 0.3) is 0 Å². The third-order valence-corrected chi connectivity index (χ3v) is 4.33. The SMILES string of the molecule is CCCCCCCCCCc1cc(C)ccc1OCC(=O)OCCC. The van der Waals surface area contributed by atoms with Crippen molar-refractivity contribution >= 4 is 5.97 Å². The van der Waals surface area contributed by atoms with Crippen molar-refractivity contribution in [3.05, 3.63) is 29.3 Å². The van der Waals surface area contributed by atoms with Gasteiger partial charge in [-0.1, -0.05) is 76.5 Å². The summed E-state index contributed by atoms with van der Waals surface area (Å²) in [6.45, 7) is 6.78. The number of unbranched alkanes of at least 4 members (excludes halogenated alkanes) is 7. The number of benzene rings is 1. The van der Waals surface area contributed by atoms with Crippen LogP contribution < -0.4 is 4.74 Å². The fourth-order valence-corrected chi connectivity index (χ4v) is 2.89. The second kappa shape index (κ2) is 13.7. The van der Waals surface area contributed by atoms with E-state index in [4.69, 9.17) is 9.47 Å². The lowest BCUT2D eigenvalue weighted by Gasteiger charge is -2.12. The van der Waals surface area contributed by atoms with E-state index in [1.165, 1.54) is 62.5 Å². The average Bonchev–Trinajstić information content (AvgIpc) is 2.61. The van der Waals surface area contributed by atoms with E-state index < -0.39 is 0 Å². The van der Waals surface area contributed by atoms with Crippen molar-refractivity contribution in [1.82, 2.24) is 0 Å². The van der Waals surface area contributed by atoms with Gasteiger partial charge in [-0.05, 0) is 37.8 Å². The van der Waals surface area contributed by atoms with Crippen molar-refractivity contribution in [2.75, 3.05) is 13.2 Å². The van der Waals surface area contributed by atoms with Crippen molar-refractivity contribution in [2.45, 2.75) is 85.0 Å². The summed E-state index contributed by atoms with van der Waals surface area (Å²) >= 11 is 0. The monoisotopic (exact) mass is 348 g/mol. The van der Waals surface area contributed by atoms with Gasteiger partial charge in [-0.25, -0.2) is 4.79 Å². The van der Waals surface area contributed by atoms with Crippen molar-refractivity contribution in [3.8, 4) is 5.75 Å². The van der Waals surface area contributed by atoms with E-state index in [1.807, 2.05) is 19.1 Å². The molecule has 0 aliphatic heterocycles. The summed E-state index contributed by atoms with van der Waals surface area (Å²) in [5, 5.41) is 0. The number of carbonyl (C=O) groups excluding carboxylic acids is 1. The molecule has 1 rings (SSSR count). The molecule has 25 heavy (non-hydrogen) atoms. The summed E-state index contributed by atoms with van der Waals surface area (Å²) in [5.74, 6) is 0.530. The van der Waals surface area contributed by atoms with Gasteiger partial charge in [0, 0.05) is 0 Å². The van der Waals surface area contributed by atoms with E-state index in [9.17, 15) is 4.79 Å². The fourth-order valence-electron chi connectivity index (χ4n) is 2.89. The Morgan fingerprint density at radius 2 is 1.60 bits per heavy atom. The van der Waals surface area contributed by atoms with E-state index in [0.29, 0.717) is 6.61 Å². The van der Waals surface area contributed by atoms with Crippen LogP contribution in [0.15, 0.2) is 18.2 Å². The van der Waals surface area contributed by atoms with E-state index in [1.54, 1.807) is 0 Å². The van der Waals surface area contributed by atoms with Crippen LogP contribution in [0.4, 0.5) is 0 Å². The van der Waals surface area contributed by atoms with Crippen molar-refractivity contribution in [1.29, 1.82) is 0 Å². The Balaban J connectivity index is 2.34. The summed E-state index contributed by atoms with van der Waals surface area (Å²) in [5.41, 5.74) is 2.43. The maximum absolute atomic E-state index is 11.6. The van der Waals surface area contributed by atoms with Gasteiger partial charge in [-0.15, -0.1) is 0 Å². The molecule has 0 aliphatic rings. The van der Waals surface area contributed by atoms with Crippen LogP contribution in [-0.4, -0.2) is 19.2 Å². The third-order valence-electron chi connectivity index (χ3n) is 4.33. The van der Waals surface area contributed by atoms with Crippen molar-refractivity contribution in [2.24, 2.45) is 0 Å². The Labute approximate surface area is 154 Å². The second-order valence-corrected chi connectivity index (χ2v) is 6.85. The molecular formula is C22H36O3. The first kappa shape index (κ1) is 21.5. The highest BCUT2D eigenvalue weighted by Gasteiger charge is 2.08. The van der Waals surface area contributed by atoms with Crippen LogP contribution in [0.3, 0.4) is 0 Å². The third kappa shape index (κ3) is 10.2. The van der Waals surface area contributed by atoms with Crippen LogP contribution in [0, 0.1) is 6.92 Å². The molecule has 0 saturated heterocycles. The minimum Gasteiger partial charge on any atom is -0.482 e. The molecule has 0 heterocycles.